The highest BCUT2D eigenvalue weighted by molar-refractivity contribution is 4.86. The molecule has 0 amide bonds. The first-order chi connectivity index (χ1) is 6.55. The van der Waals surface area contributed by atoms with Crippen molar-refractivity contribution in [3.8, 4) is 0 Å². The molecule has 0 bridgehead atoms. The first-order valence-electron chi connectivity index (χ1n) is 5.36. The highest BCUT2D eigenvalue weighted by Gasteiger charge is 2.42. The lowest BCUT2D eigenvalue weighted by molar-refractivity contribution is -0.163. The molecule has 0 aromatic carbocycles. The van der Waals surface area contributed by atoms with Crippen molar-refractivity contribution in [2.45, 2.75) is 44.3 Å². The van der Waals surface area contributed by atoms with E-state index in [1.54, 1.807) is 0 Å². The fourth-order valence-corrected chi connectivity index (χ4v) is 2.28. The van der Waals surface area contributed by atoms with Gasteiger partial charge in [-0.2, -0.15) is 13.2 Å². The van der Waals surface area contributed by atoms with Gasteiger partial charge in [0.25, 0.3) is 0 Å². The van der Waals surface area contributed by atoms with Crippen molar-refractivity contribution in [2.75, 3.05) is 6.54 Å². The molecule has 0 radical (unpaired) electrons. The number of halogens is 3. The Balaban J connectivity index is 1.83. The maximum Gasteiger partial charge on any atom is 0.403 e. The fraction of sp³-hybridized carbons (Fsp3) is 1.00. The summed E-state index contributed by atoms with van der Waals surface area (Å²) in [5.74, 6) is 1.04. The van der Waals surface area contributed by atoms with Gasteiger partial charge in [0.2, 0.25) is 0 Å². The summed E-state index contributed by atoms with van der Waals surface area (Å²) in [6.07, 6.45) is 0.654. The molecule has 14 heavy (non-hydrogen) atoms. The van der Waals surface area contributed by atoms with E-state index in [9.17, 15) is 13.2 Å². The lowest BCUT2D eigenvalue weighted by Gasteiger charge is -2.31. The van der Waals surface area contributed by atoms with Crippen LogP contribution in [0, 0.1) is 11.8 Å². The molecule has 1 heterocycles. The molecule has 1 aliphatic heterocycles. The molecule has 4 heteroatoms. The van der Waals surface area contributed by atoms with E-state index in [1.807, 2.05) is 0 Å². The largest absolute Gasteiger partial charge is 0.403 e. The van der Waals surface area contributed by atoms with Gasteiger partial charge in [0.15, 0.2) is 0 Å². The van der Waals surface area contributed by atoms with Crippen LogP contribution in [-0.2, 0) is 0 Å². The molecule has 1 N–H and O–H groups in total. The quantitative estimate of drug-likeness (QED) is 0.734. The first kappa shape index (κ1) is 10.3. The third kappa shape index (κ3) is 2.62. The minimum atomic E-state index is -4.05. The van der Waals surface area contributed by atoms with Crippen LogP contribution >= 0.6 is 0 Å². The van der Waals surface area contributed by atoms with Gasteiger partial charge in [-0.3, -0.25) is 0 Å². The average molecular weight is 207 g/mol. The summed E-state index contributed by atoms with van der Waals surface area (Å²) in [7, 11) is 0. The Kier molecular flexibility index (Phi) is 2.73. The monoisotopic (exact) mass is 207 g/mol. The fourth-order valence-electron chi connectivity index (χ4n) is 2.28. The minimum Gasteiger partial charge on any atom is -0.306 e. The van der Waals surface area contributed by atoms with Gasteiger partial charge in [0.05, 0.1) is 0 Å². The summed E-state index contributed by atoms with van der Waals surface area (Å²) in [5, 5.41) is 2.56. The Morgan fingerprint density at radius 3 is 2.36 bits per heavy atom. The van der Waals surface area contributed by atoms with Crippen molar-refractivity contribution in [1.29, 1.82) is 0 Å². The van der Waals surface area contributed by atoms with E-state index in [-0.39, 0.29) is 0 Å². The first-order valence-corrected chi connectivity index (χ1v) is 5.36. The van der Waals surface area contributed by atoms with Gasteiger partial charge in [-0.1, -0.05) is 12.8 Å². The van der Waals surface area contributed by atoms with E-state index in [0.29, 0.717) is 18.9 Å². The topological polar surface area (TPSA) is 12.0 Å². The maximum absolute atomic E-state index is 12.4. The number of hydrogen-bond acceptors (Lipinski definition) is 1. The van der Waals surface area contributed by atoms with Crippen LogP contribution in [0.15, 0.2) is 0 Å². The third-order valence-electron chi connectivity index (χ3n) is 3.27. The zero-order chi connectivity index (χ0) is 10.2. The SMILES string of the molecule is FC(F)(F)C1CC(CC2CC2)CCN1. The lowest BCUT2D eigenvalue weighted by atomic mass is 9.88. The molecule has 1 saturated heterocycles. The van der Waals surface area contributed by atoms with E-state index < -0.39 is 12.2 Å². The van der Waals surface area contributed by atoms with E-state index in [0.717, 1.165) is 18.8 Å². The second-order valence-corrected chi connectivity index (χ2v) is 4.62. The van der Waals surface area contributed by atoms with Crippen molar-refractivity contribution in [1.82, 2.24) is 5.32 Å². The lowest BCUT2D eigenvalue weighted by Crippen LogP contribution is -2.47. The molecule has 0 aromatic rings. The van der Waals surface area contributed by atoms with Crippen molar-refractivity contribution >= 4 is 0 Å². The predicted octanol–water partition coefficient (Wildman–Crippen LogP) is 2.72. The molecule has 1 saturated carbocycles. The van der Waals surface area contributed by atoms with Crippen LogP contribution in [0.2, 0.25) is 0 Å². The van der Waals surface area contributed by atoms with Crippen LogP contribution in [0.25, 0.3) is 0 Å². The Morgan fingerprint density at radius 2 is 1.79 bits per heavy atom. The number of piperidine rings is 1. The van der Waals surface area contributed by atoms with Crippen LogP contribution in [0.1, 0.15) is 32.1 Å². The molecule has 2 unspecified atom stereocenters. The van der Waals surface area contributed by atoms with E-state index in [2.05, 4.69) is 5.32 Å². The standard InChI is InChI=1S/C10H16F3N/c11-10(12,13)9-6-8(3-4-14-9)5-7-1-2-7/h7-9,14H,1-6H2. The number of alkyl halides is 3. The summed E-state index contributed by atoms with van der Waals surface area (Å²) in [6, 6.07) is -1.25. The predicted molar refractivity (Wildman–Crippen MR) is 47.9 cm³/mol. The van der Waals surface area contributed by atoms with Crippen LogP contribution in [-0.4, -0.2) is 18.8 Å². The molecule has 1 aliphatic carbocycles. The summed E-state index contributed by atoms with van der Waals surface area (Å²) in [5.41, 5.74) is 0. The third-order valence-corrected chi connectivity index (χ3v) is 3.27. The van der Waals surface area contributed by atoms with Crippen molar-refractivity contribution < 1.29 is 13.2 Å². The smallest absolute Gasteiger partial charge is 0.306 e. The van der Waals surface area contributed by atoms with E-state index in [4.69, 9.17) is 0 Å². The Hall–Kier alpha value is -0.250. The molecule has 1 nitrogen and oxygen atoms in total. The normalized spacial score (nSPS) is 34.5. The van der Waals surface area contributed by atoms with Gasteiger partial charge >= 0.3 is 6.18 Å². The van der Waals surface area contributed by atoms with Crippen LogP contribution < -0.4 is 5.32 Å². The minimum absolute atomic E-state index is 0.292. The zero-order valence-corrected chi connectivity index (χ0v) is 8.11. The van der Waals surface area contributed by atoms with Crippen molar-refractivity contribution in [3.63, 3.8) is 0 Å². The Bertz CT molecular complexity index is 198. The number of rotatable bonds is 2. The maximum atomic E-state index is 12.4. The molecule has 0 spiro atoms. The van der Waals surface area contributed by atoms with Gasteiger partial charge in [0.1, 0.15) is 6.04 Å². The van der Waals surface area contributed by atoms with Gasteiger partial charge in [0, 0.05) is 0 Å². The Morgan fingerprint density at radius 1 is 1.07 bits per heavy atom. The van der Waals surface area contributed by atoms with Crippen LogP contribution in [0.3, 0.4) is 0 Å². The molecule has 82 valence electrons. The highest BCUT2D eigenvalue weighted by Crippen LogP contribution is 2.39. The summed E-state index contributed by atoms with van der Waals surface area (Å²) >= 11 is 0. The van der Waals surface area contributed by atoms with Gasteiger partial charge in [-0.25, -0.2) is 0 Å². The van der Waals surface area contributed by atoms with Gasteiger partial charge in [-0.15, -0.1) is 0 Å². The van der Waals surface area contributed by atoms with Gasteiger partial charge in [-0.05, 0) is 37.6 Å². The second-order valence-electron chi connectivity index (χ2n) is 4.62. The van der Waals surface area contributed by atoms with Crippen molar-refractivity contribution in [2.24, 2.45) is 11.8 Å². The molecule has 2 rings (SSSR count). The number of hydrogen-bond donors (Lipinski definition) is 1. The molecule has 2 fully saturated rings. The number of nitrogens with one attached hydrogen (secondary N) is 1. The van der Waals surface area contributed by atoms with Crippen LogP contribution in [0.4, 0.5) is 13.2 Å². The van der Waals surface area contributed by atoms with Gasteiger partial charge < -0.3 is 5.32 Å². The summed E-state index contributed by atoms with van der Waals surface area (Å²) < 4.78 is 37.2. The van der Waals surface area contributed by atoms with E-state index in [1.165, 1.54) is 12.8 Å². The molecular weight excluding hydrogens is 191 g/mol. The Labute approximate surface area is 82.1 Å². The highest BCUT2D eigenvalue weighted by atomic mass is 19.4. The summed E-state index contributed by atoms with van der Waals surface area (Å²) in [4.78, 5) is 0. The van der Waals surface area contributed by atoms with Crippen molar-refractivity contribution in [3.05, 3.63) is 0 Å². The molecule has 2 atom stereocenters. The average Bonchev–Trinajstić information content (AvgIpc) is 2.87. The zero-order valence-electron chi connectivity index (χ0n) is 8.11. The van der Waals surface area contributed by atoms with E-state index >= 15 is 0 Å². The molecule has 2 aliphatic rings. The second kappa shape index (κ2) is 3.72. The molecular formula is C10H16F3N. The molecule has 0 aromatic heterocycles. The van der Waals surface area contributed by atoms with Crippen LogP contribution in [0.5, 0.6) is 0 Å². The summed E-state index contributed by atoms with van der Waals surface area (Å²) in [6.45, 7) is 0.529.